The van der Waals surface area contributed by atoms with Crippen LogP contribution in [-0.2, 0) is 0 Å². The van der Waals surface area contributed by atoms with Gasteiger partial charge in [-0.2, -0.15) is 5.26 Å². The van der Waals surface area contributed by atoms with E-state index >= 15 is 0 Å². The summed E-state index contributed by atoms with van der Waals surface area (Å²) >= 11 is 5.95. The number of benzene rings is 2. The third-order valence-electron chi connectivity index (χ3n) is 3.96. The smallest absolute Gasteiger partial charge is 0.146 e. The largest absolute Gasteiger partial charge is 0.497 e. The van der Waals surface area contributed by atoms with E-state index in [-0.39, 0.29) is 0 Å². The van der Waals surface area contributed by atoms with Crippen LogP contribution < -0.4 is 15.2 Å². The number of nitrogen functional groups attached to an aromatic ring is 1. The molecule has 0 unspecified atom stereocenters. The Labute approximate surface area is 150 Å². The number of rotatable bonds is 4. The molecule has 0 saturated heterocycles. The molecule has 0 amide bonds. The number of nitriles is 1. The molecule has 0 aliphatic rings. The van der Waals surface area contributed by atoms with Crippen LogP contribution in [0.4, 0.5) is 5.82 Å². The van der Waals surface area contributed by atoms with Gasteiger partial charge in [0.2, 0.25) is 0 Å². The van der Waals surface area contributed by atoms with Crippen LogP contribution >= 0.6 is 11.6 Å². The highest BCUT2D eigenvalue weighted by Gasteiger charge is 2.18. The maximum absolute atomic E-state index is 9.56. The van der Waals surface area contributed by atoms with Gasteiger partial charge in [0.25, 0.3) is 0 Å². The van der Waals surface area contributed by atoms with E-state index in [0.29, 0.717) is 27.9 Å². The quantitative estimate of drug-likeness (QED) is 0.760. The molecule has 0 bridgehead atoms. The van der Waals surface area contributed by atoms with Crippen molar-refractivity contribution in [1.29, 1.82) is 5.26 Å². The first kappa shape index (κ1) is 16.7. The van der Waals surface area contributed by atoms with Gasteiger partial charge in [0, 0.05) is 22.8 Å². The van der Waals surface area contributed by atoms with Crippen LogP contribution in [0.2, 0.25) is 5.02 Å². The van der Waals surface area contributed by atoms with Gasteiger partial charge < -0.3 is 15.2 Å². The SMILES string of the molecule is COc1ccc(-n2cc(-c3ccc(Cl)cc3)c(C#N)c2N)c(OC)c1. The Bertz CT molecular complexity index is 956. The molecule has 0 aliphatic carbocycles. The zero-order valence-electron chi connectivity index (χ0n) is 13.8. The maximum Gasteiger partial charge on any atom is 0.146 e. The molecular formula is C19H16ClN3O2. The van der Waals surface area contributed by atoms with Crippen LogP contribution in [0.3, 0.4) is 0 Å². The number of nitrogens with zero attached hydrogens (tertiary/aromatic N) is 2. The lowest BCUT2D eigenvalue weighted by Gasteiger charge is -2.12. The first-order valence-electron chi connectivity index (χ1n) is 7.48. The Morgan fingerprint density at radius 1 is 1.08 bits per heavy atom. The van der Waals surface area contributed by atoms with Crippen molar-refractivity contribution in [3.8, 4) is 34.4 Å². The molecule has 0 saturated carbocycles. The molecule has 2 aromatic carbocycles. The number of aromatic nitrogens is 1. The van der Waals surface area contributed by atoms with E-state index in [1.54, 1.807) is 37.0 Å². The molecule has 3 rings (SSSR count). The Balaban J connectivity index is 2.19. The zero-order valence-corrected chi connectivity index (χ0v) is 14.5. The van der Waals surface area contributed by atoms with Crippen LogP contribution in [-0.4, -0.2) is 18.8 Å². The van der Waals surface area contributed by atoms with Crippen LogP contribution in [0.25, 0.3) is 16.8 Å². The fourth-order valence-corrected chi connectivity index (χ4v) is 2.80. The van der Waals surface area contributed by atoms with Crippen LogP contribution in [0.1, 0.15) is 5.56 Å². The second-order valence-corrected chi connectivity index (χ2v) is 5.77. The van der Waals surface area contributed by atoms with Crippen molar-refractivity contribution in [1.82, 2.24) is 4.57 Å². The van der Waals surface area contributed by atoms with Gasteiger partial charge in [-0.1, -0.05) is 23.7 Å². The van der Waals surface area contributed by atoms with Gasteiger partial charge in [-0.05, 0) is 29.8 Å². The second kappa shape index (κ2) is 6.80. The van der Waals surface area contributed by atoms with Crippen molar-refractivity contribution < 1.29 is 9.47 Å². The van der Waals surface area contributed by atoms with Crippen molar-refractivity contribution in [3.63, 3.8) is 0 Å². The Morgan fingerprint density at radius 2 is 1.80 bits per heavy atom. The van der Waals surface area contributed by atoms with E-state index < -0.39 is 0 Å². The highest BCUT2D eigenvalue weighted by molar-refractivity contribution is 6.30. The van der Waals surface area contributed by atoms with Crippen molar-refractivity contribution >= 4 is 17.4 Å². The average molecular weight is 354 g/mol. The van der Waals surface area contributed by atoms with Crippen molar-refractivity contribution in [2.24, 2.45) is 0 Å². The Kier molecular flexibility index (Phi) is 4.55. The van der Waals surface area contributed by atoms with Gasteiger partial charge in [0.15, 0.2) is 0 Å². The highest BCUT2D eigenvalue weighted by atomic mass is 35.5. The Hall–Kier alpha value is -3.10. The molecular weight excluding hydrogens is 338 g/mol. The minimum atomic E-state index is 0.343. The molecule has 5 nitrogen and oxygen atoms in total. The summed E-state index contributed by atoms with van der Waals surface area (Å²) in [5, 5.41) is 10.2. The minimum absolute atomic E-state index is 0.343. The van der Waals surface area contributed by atoms with E-state index in [9.17, 15) is 5.26 Å². The summed E-state index contributed by atoms with van der Waals surface area (Å²) in [7, 11) is 3.16. The lowest BCUT2D eigenvalue weighted by Crippen LogP contribution is -2.02. The normalized spacial score (nSPS) is 10.3. The van der Waals surface area contributed by atoms with Crippen LogP contribution in [0.15, 0.2) is 48.7 Å². The molecule has 126 valence electrons. The van der Waals surface area contributed by atoms with E-state index in [4.69, 9.17) is 26.8 Å². The molecule has 0 atom stereocenters. The average Bonchev–Trinajstić information content (AvgIpc) is 2.98. The number of ether oxygens (including phenoxy) is 2. The molecule has 1 heterocycles. The minimum Gasteiger partial charge on any atom is -0.497 e. The molecule has 6 heteroatoms. The number of methoxy groups -OCH3 is 2. The van der Waals surface area contributed by atoms with Gasteiger partial charge in [0.1, 0.15) is 28.9 Å². The fraction of sp³-hybridized carbons (Fsp3) is 0.105. The van der Waals surface area contributed by atoms with Gasteiger partial charge in [0.05, 0.1) is 19.9 Å². The van der Waals surface area contributed by atoms with Gasteiger partial charge in [-0.3, -0.25) is 4.57 Å². The van der Waals surface area contributed by atoms with E-state index in [1.807, 2.05) is 30.5 Å². The van der Waals surface area contributed by atoms with E-state index in [2.05, 4.69) is 6.07 Å². The number of hydrogen-bond acceptors (Lipinski definition) is 4. The number of anilines is 1. The fourth-order valence-electron chi connectivity index (χ4n) is 2.67. The lowest BCUT2D eigenvalue weighted by molar-refractivity contribution is 0.393. The third kappa shape index (κ3) is 3.00. The first-order valence-corrected chi connectivity index (χ1v) is 7.86. The summed E-state index contributed by atoms with van der Waals surface area (Å²) < 4.78 is 12.4. The summed E-state index contributed by atoms with van der Waals surface area (Å²) in [5.74, 6) is 1.61. The summed E-state index contributed by atoms with van der Waals surface area (Å²) in [6.45, 7) is 0. The second-order valence-electron chi connectivity index (χ2n) is 5.33. The predicted octanol–water partition coefficient (Wildman–Crippen LogP) is 4.27. The topological polar surface area (TPSA) is 73.2 Å². The zero-order chi connectivity index (χ0) is 18.0. The van der Waals surface area contributed by atoms with Crippen molar-refractivity contribution in [2.75, 3.05) is 20.0 Å². The van der Waals surface area contributed by atoms with Gasteiger partial charge in [-0.15, -0.1) is 0 Å². The van der Waals surface area contributed by atoms with E-state index in [1.165, 1.54) is 0 Å². The van der Waals surface area contributed by atoms with Crippen molar-refractivity contribution in [2.45, 2.75) is 0 Å². The molecule has 0 radical (unpaired) electrons. The molecule has 3 aromatic rings. The summed E-state index contributed by atoms with van der Waals surface area (Å²) in [6, 6.07) is 14.9. The molecule has 1 aromatic heterocycles. The molecule has 0 spiro atoms. The van der Waals surface area contributed by atoms with Gasteiger partial charge in [-0.25, -0.2) is 0 Å². The molecule has 25 heavy (non-hydrogen) atoms. The van der Waals surface area contributed by atoms with Crippen LogP contribution in [0.5, 0.6) is 11.5 Å². The molecule has 2 N–H and O–H groups in total. The summed E-state index contributed by atoms with van der Waals surface area (Å²) in [5.41, 5.74) is 8.95. The highest BCUT2D eigenvalue weighted by Crippen LogP contribution is 2.36. The standard InChI is InChI=1S/C19H16ClN3O2/c1-24-14-7-8-17(18(9-14)25-2)23-11-16(15(10-21)19(23)22)12-3-5-13(20)6-4-12/h3-9,11H,22H2,1-2H3. The van der Waals surface area contributed by atoms with Crippen LogP contribution in [0, 0.1) is 11.3 Å². The summed E-state index contributed by atoms with van der Waals surface area (Å²) in [6.07, 6.45) is 1.82. The first-order chi connectivity index (χ1) is 12.1. The summed E-state index contributed by atoms with van der Waals surface area (Å²) in [4.78, 5) is 0. The number of hydrogen-bond donors (Lipinski definition) is 1. The molecule has 0 fully saturated rings. The maximum atomic E-state index is 9.56. The monoisotopic (exact) mass is 353 g/mol. The van der Waals surface area contributed by atoms with Gasteiger partial charge >= 0.3 is 0 Å². The third-order valence-corrected chi connectivity index (χ3v) is 4.21. The van der Waals surface area contributed by atoms with E-state index in [0.717, 1.165) is 16.8 Å². The lowest BCUT2D eigenvalue weighted by atomic mass is 10.1. The Morgan fingerprint density at radius 3 is 2.40 bits per heavy atom. The molecule has 0 aliphatic heterocycles. The number of halogens is 1. The van der Waals surface area contributed by atoms with Crippen molar-refractivity contribution in [3.05, 3.63) is 59.2 Å². The predicted molar refractivity (Wildman–Crippen MR) is 98.4 cm³/mol. The number of nitrogens with two attached hydrogens (primary N) is 1.